The summed E-state index contributed by atoms with van der Waals surface area (Å²) in [6.45, 7) is 9.58. The van der Waals surface area contributed by atoms with E-state index in [2.05, 4.69) is 56.9 Å². The number of aromatic nitrogens is 1. The number of rotatable bonds is 7. The van der Waals surface area contributed by atoms with Crippen LogP contribution in [0, 0.1) is 19.8 Å². The lowest BCUT2D eigenvalue weighted by atomic mass is 9.97. The maximum absolute atomic E-state index is 4.60. The van der Waals surface area contributed by atoms with E-state index in [0.29, 0.717) is 0 Å². The first-order valence-electron chi connectivity index (χ1n) is 9.76. The summed E-state index contributed by atoms with van der Waals surface area (Å²) >= 11 is 3.66. The van der Waals surface area contributed by atoms with Crippen molar-refractivity contribution < 1.29 is 0 Å². The number of nitrogens with one attached hydrogen (secondary N) is 2. The molecule has 0 unspecified atom stereocenters. The highest BCUT2D eigenvalue weighted by Gasteiger charge is 2.19. The van der Waals surface area contributed by atoms with Crippen molar-refractivity contribution in [3.8, 4) is 0 Å². The Labute approximate surface area is 194 Å². The fraction of sp³-hybridized carbons (Fsp3) is 0.600. The van der Waals surface area contributed by atoms with Gasteiger partial charge in [0, 0.05) is 42.9 Å². The van der Waals surface area contributed by atoms with Gasteiger partial charge in [0.1, 0.15) is 0 Å². The van der Waals surface area contributed by atoms with Gasteiger partial charge in [-0.25, -0.2) is 4.98 Å². The van der Waals surface area contributed by atoms with Crippen LogP contribution in [0.2, 0.25) is 0 Å². The lowest BCUT2D eigenvalue weighted by Crippen LogP contribution is -2.43. The molecular weight excluding hydrogens is 501 g/mol. The lowest BCUT2D eigenvalue weighted by Gasteiger charge is -2.32. The van der Waals surface area contributed by atoms with E-state index in [0.717, 1.165) is 43.6 Å². The number of hydrogen-bond donors (Lipinski definition) is 2. The van der Waals surface area contributed by atoms with Gasteiger partial charge in [-0.15, -0.1) is 46.7 Å². The highest BCUT2D eigenvalue weighted by atomic mass is 127. The second-order valence-corrected chi connectivity index (χ2v) is 9.50. The molecule has 5 nitrogen and oxygen atoms in total. The van der Waals surface area contributed by atoms with Crippen LogP contribution >= 0.6 is 46.7 Å². The number of aryl methyl sites for hydroxylation is 2. The molecule has 28 heavy (non-hydrogen) atoms. The molecular formula is C20H32IN5S2. The van der Waals surface area contributed by atoms with Gasteiger partial charge < -0.3 is 10.6 Å². The van der Waals surface area contributed by atoms with Gasteiger partial charge in [0.05, 0.1) is 10.7 Å². The van der Waals surface area contributed by atoms with Crippen molar-refractivity contribution in [2.24, 2.45) is 10.9 Å². The molecule has 156 valence electrons. The number of thiophene rings is 1. The number of thiazole rings is 1. The van der Waals surface area contributed by atoms with E-state index in [9.17, 15) is 0 Å². The normalized spacial score (nSPS) is 16.0. The molecule has 0 saturated carbocycles. The van der Waals surface area contributed by atoms with Gasteiger partial charge in [-0.05, 0) is 57.1 Å². The summed E-state index contributed by atoms with van der Waals surface area (Å²) in [4.78, 5) is 14.3. The lowest BCUT2D eigenvalue weighted by molar-refractivity contribution is 0.179. The molecule has 1 aliphatic heterocycles. The first kappa shape index (κ1) is 23.6. The number of nitrogens with zero attached hydrogens (tertiary/aromatic N) is 3. The SMILES string of the molecule is CN=C(NCCc1nc(C)c(C)s1)NCC1CCN(Cc2cccs2)CC1.I. The molecule has 1 fully saturated rings. The van der Waals surface area contributed by atoms with Crippen molar-refractivity contribution >= 4 is 52.6 Å². The van der Waals surface area contributed by atoms with Crippen LogP contribution in [0.3, 0.4) is 0 Å². The van der Waals surface area contributed by atoms with Gasteiger partial charge in [-0.1, -0.05) is 6.07 Å². The molecule has 2 aromatic heterocycles. The second kappa shape index (κ2) is 12.1. The third-order valence-electron chi connectivity index (χ3n) is 5.15. The molecule has 0 aliphatic carbocycles. The van der Waals surface area contributed by atoms with Crippen molar-refractivity contribution in [2.45, 2.75) is 39.7 Å². The van der Waals surface area contributed by atoms with Crippen LogP contribution in [-0.4, -0.2) is 49.1 Å². The number of likely N-dealkylation sites (tertiary alicyclic amines) is 1. The Morgan fingerprint density at radius 1 is 1.29 bits per heavy atom. The number of guanidine groups is 1. The van der Waals surface area contributed by atoms with E-state index in [4.69, 9.17) is 0 Å². The summed E-state index contributed by atoms with van der Waals surface area (Å²) in [6, 6.07) is 4.38. The van der Waals surface area contributed by atoms with Crippen LogP contribution in [0.4, 0.5) is 0 Å². The molecule has 0 aromatic carbocycles. The molecule has 0 spiro atoms. The number of aliphatic imine (C=N–C) groups is 1. The average molecular weight is 534 g/mol. The van der Waals surface area contributed by atoms with Crippen molar-refractivity contribution in [2.75, 3.05) is 33.2 Å². The van der Waals surface area contributed by atoms with E-state index in [-0.39, 0.29) is 24.0 Å². The molecule has 8 heteroatoms. The minimum atomic E-state index is 0. The average Bonchev–Trinajstić information content (AvgIpc) is 3.29. The van der Waals surface area contributed by atoms with Gasteiger partial charge in [0.2, 0.25) is 0 Å². The zero-order valence-corrected chi connectivity index (χ0v) is 21.0. The zero-order valence-electron chi connectivity index (χ0n) is 17.0. The summed E-state index contributed by atoms with van der Waals surface area (Å²) in [5, 5.41) is 10.3. The predicted molar refractivity (Wildman–Crippen MR) is 132 cm³/mol. The molecule has 0 amide bonds. The first-order chi connectivity index (χ1) is 13.1. The van der Waals surface area contributed by atoms with Gasteiger partial charge in [-0.2, -0.15) is 0 Å². The Morgan fingerprint density at radius 3 is 2.68 bits per heavy atom. The highest BCUT2D eigenvalue weighted by Crippen LogP contribution is 2.20. The molecule has 3 rings (SSSR count). The summed E-state index contributed by atoms with van der Waals surface area (Å²) in [6.07, 6.45) is 3.46. The zero-order chi connectivity index (χ0) is 19.1. The quantitative estimate of drug-likeness (QED) is 0.320. The highest BCUT2D eigenvalue weighted by molar-refractivity contribution is 14.0. The van der Waals surface area contributed by atoms with Gasteiger partial charge in [-0.3, -0.25) is 9.89 Å². The maximum atomic E-state index is 4.60. The summed E-state index contributed by atoms with van der Waals surface area (Å²) < 4.78 is 0. The van der Waals surface area contributed by atoms with Gasteiger partial charge >= 0.3 is 0 Å². The smallest absolute Gasteiger partial charge is 0.190 e. The fourth-order valence-corrected chi connectivity index (χ4v) is 5.05. The Hall–Kier alpha value is -0.710. The molecule has 3 heterocycles. The number of halogens is 1. The van der Waals surface area contributed by atoms with Gasteiger partial charge in [0.15, 0.2) is 5.96 Å². The molecule has 1 aliphatic rings. The molecule has 0 bridgehead atoms. The van der Waals surface area contributed by atoms with E-state index in [1.807, 2.05) is 18.4 Å². The van der Waals surface area contributed by atoms with E-state index < -0.39 is 0 Å². The van der Waals surface area contributed by atoms with Crippen LogP contribution < -0.4 is 10.6 Å². The Morgan fingerprint density at radius 2 is 2.07 bits per heavy atom. The number of piperidine rings is 1. The van der Waals surface area contributed by atoms with Crippen molar-refractivity contribution in [1.29, 1.82) is 0 Å². The second-order valence-electron chi connectivity index (χ2n) is 7.18. The number of hydrogen-bond acceptors (Lipinski definition) is 5. The maximum Gasteiger partial charge on any atom is 0.190 e. The first-order valence-corrected chi connectivity index (χ1v) is 11.5. The van der Waals surface area contributed by atoms with E-state index in [1.54, 1.807) is 11.3 Å². The minimum absolute atomic E-state index is 0. The molecule has 1 saturated heterocycles. The summed E-state index contributed by atoms with van der Waals surface area (Å²) in [5.41, 5.74) is 1.16. The Kier molecular flexibility index (Phi) is 10.2. The van der Waals surface area contributed by atoms with E-state index >= 15 is 0 Å². The summed E-state index contributed by atoms with van der Waals surface area (Å²) in [7, 11) is 1.84. The third-order valence-corrected chi connectivity index (χ3v) is 7.15. The predicted octanol–water partition coefficient (Wildman–Crippen LogP) is 4.06. The molecule has 0 atom stereocenters. The monoisotopic (exact) mass is 533 g/mol. The van der Waals surface area contributed by atoms with Crippen LogP contribution in [0.15, 0.2) is 22.5 Å². The largest absolute Gasteiger partial charge is 0.356 e. The topological polar surface area (TPSA) is 52.6 Å². The molecule has 2 aromatic rings. The van der Waals surface area contributed by atoms with Crippen LogP contribution in [-0.2, 0) is 13.0 Å². The summed E-state index contributed by atoms with van der Waals surface area (Å²) in [5.74, 6) is 1.63. The standard InChI is InChI=1S/C20H31N5S2.HI/c1-15-16(2)27-19(24-15)6-9-22-20(21-3)23-13-17-7-10-25(11-8-17)14-18-5-4-12-26-18;/h4-5,12,17H,6-11,13-14H2,1-3H3,(H2,21,22,23);1H. The van der Waals surface area contributed by atoms with Crippen molar-refractivity contribution in [1.82, 2.24) is 20.5 Å². The van der Waals surface area contributed by atoms with Crippen LogP contribution in [0.5, 0.6) is 0 Å². The minimum Gasteiger partial charge on any atom is -0.356 e. The Bertz CT molecular complexity index is 702. The van der Waals surface area contributed by atoms with Crippen molar-refractivity contribution in [3.63, 3.8) is 0 Å². The Balaban J connectivity index is 0.00000280. The van der Waals surface area contributed by atoms with Crippen molar-refractivity contribution in [3.05, 3.63) is 38.0 Å². The van der Waals surface area contributed by atoms with Crippen LogP contribution in [0.1, 0.15) is 33.3 Å². The fourth-order valence-electron chi connectivity index (χ4n) is 3.37. The van der Waals surface area contributed by atoms with Gasteiger partial charge in [0.25, 0.3) is 0 Å². The molecule has 2 N–H and O–H groups in total. The third kappa shape index (κ3) is 7.27. The van der Waals surface area contributed by atoms with E-state index in [1.165, 1.54) is 40.7 Å². The van der Waals surface area contributed by atoms with Crippen LogP contribution in [0.25, 0.3) is 0 Å². The molecule has 0 radical (unpaired) electrons.